The van der Waals surface area contributed by atoms with E-state index in [1.807, 2.05) is 39.0 Å². The molecule has 0 aromatic carbocycles. The van der Waals surface area contributed by atoms with Gasteiger partial charge in [0.2, 0.25) is 5.91 Å². The second-order valence-electron chi connectivity index (χ2n) is 4.32. The molecule has 0 saturated carbocycles. The molecule has 3 N–H and O–H groups in total. The van der Waals surface area contributed by atoms with Gasteiger partial charge in [0, 0.05) is 5.69 Å². The molecule has 1 rings (SSSR count). The van der Waals surface area contributed by atoms with Gasteiger partial charge < -0.3 is 11.1 Å². The Morgan fingerprint density at radius 3 is 2.59 bits per heavy atom. The number of nitrogens with two attached hydrogens (primary N) is 1. The lowest BCUT2D eigenvalue weighted by atomic mass is 9.93. The summed E-state index contributed by atoms with van der Waals surface area (Å²) in [4.78, 5) is 16.2. The number of amides is 1. The number of nitrogens with zero attached hydrogens (tertiary/aromatic N) is 1. The second kappa shape index (κ2) is 5.77. The van der Waals surface area contributed by atoms with Crippen LogP contribution in [0, 0.1) is 6.92 Å². The van der Waals surface area contributed by atoms with Crippen molar-refractivity contribution in [2.75, 3.05) is 0 Å². The van der Waals surface area contributed by atoms with Crippen molar-refractivity contribution in [3.05, 3.63) is 29.6 Å². The van der Waals surface area contributed by atoms with E-state index in [0.717, 1.165) is 11.4 Å². The number of rotatable bonds is 5. The molecular weight excluding hydrogens is 214 g/mol. The maximum Gasteiger partial charge on any atom is 0.240 e. The minimum atomic E-state index is -0.760. The molecule has 4 nitrogen and oxygen atoms in total. The van der Waals surface area contributed by atoms with Crippen molar-refractivity contribution in [2.45, 2.75) is 45.7 Å². The highest BCUT2D eigenvalue weighted by Crippen LogP contribution is 2.11. The van der Waals surface area contributed by atoms with E-state index in [4.69, 9.17) is 5.73 Å². The lowest BCUT2D eigenvalue weighted by Gasteiger charge is -2.25. The molecule has 94 valence electrons. The van der Waals surface area contributed by atoms with Crippen LogP contribution in [0.25, 0.3) is 0 Å². The van der Waals surface area contributed by atoms with E-state index in [1.54, 1.807) is 0 Å². The highest BCUT2D eigenvalue weighted by molar-refractivity contribution is 5.85. The predicted octanol–water partition coefficient (Wildman–Crippen LogP) is 1.52. The quantitative estimate of drug-likeness (QED) is 0.813. The number of aryl methyl sites for hydroxylation is 1. The molecule has 17 heavy (non-hydrogen) atoms. The van der Waals surface area contributed by atoms with Crippen LogP contribution in [0.5, 0.6) is 0 Å². The summed E-state index contributed by atoms with van der Waals surface area (Å²) in [6, 6.07) is 5.75. The van der Waals surface area contributed by atoms with Crippen molar-refractivity contribution in [3.63, 3.8) is 0 Å². The molecule has 1 aromatic heterocycles. The monoisotopic (exact) mass is 235 g/mol. The molecule has 0 atom stereocenters. The van der Waals surface area contributed by atoms with Crippen molar-refractivity contribution in [2.24, 2.45) is 5.73 Å². The molecule has 0 aliphatic carbocycles. The average molecular weight is 235 g/mol. The van der Waals surface area contributed by atoms with Crippen LogP contribution in [0.4, 0.5) is 0 Å². The zero-order valence-corrected chi connectivity index (χ0v) is 10.8. The van der Waals surface area contributed by atoms with Gasteiger partial charge in [-0.1, -0.05) is 19.9 Å². The van der Waals surface area contributed by atoms with E-state index in [1.165, 1.54) is 0 Å². The van der Waals surface area contributed by atoms with Crippen LogP contribution >= 0.6 is 0 Å². The molecule has 4 heteroatoms. The van der Waals surface area contributed by atoms with Gasteiger partial charge >= 0.3 is 0 Å². The molecule has 1 amide bonds. The third kappa shape index (κ3) is 3.53. The topological polar surface area (TPSA) is 68.0 Å². The Kier molecular flexibility index (Phi) is 4.63. The van der Waals surface area contributed by atoms with E-state index in [-0.39, 0.29) is 5.91 Å². The van der Waals surface area contributed by atoms with Crippen LogP contribution in [-0.2, 0) is 11.3 Å². The van der Waals surface area contributed by atoms with Gasteiger partial charge in [-0.2, -0.15) is 0 Å². The maximum atomic E-state index is 11.9. The number of carbonyl (C=O) groups is 1. The zero-order chi connectivity index (χ0) is 12.9. The Hall–Kier alpha value is -1.42. The van der Waals surface area contributed by atoms with Gasteiger partial charge in [0.1, 0.15) is 0 Å². The van der Waals surface area contributed by atoms with Crippen LogP contribution in [0.15, 0.2) is 18.2 Å². The van der Waals surface area contributed by atoms with Crippen molar-refractivity contribution in [1.29, 1.82) is 0 Å². The van der Waals surface area contributed by atoms with E-state index >= 15 is 0 Å². The van der Waals surface area contributed by atoms with Crippen LogP contribution in [-0.4, -0.2) is 16.4 Å². The fourth-order valence-electron chi connectivity index (χ4n) is 1.62. The van der Waals surface area contributed by atoms with E-state index < -0.39 is 5.54 Å². The lowest BCUT2D eigenvalue weighted by molar-refractivity contribution is -0.126. The van der Waals surface area contributed by atoms with Crippen molar-refractivity contribution in [3.8, 4) is 0 Å². The van der Waals surface area contributed by atoms with Crippen LogP contribution in [0.1, 0.15) is 38.1 Å². The summed E-state index contributed by atoms with van der Waals surface area (Å²) in [5, 5.41) is 2.84. The molecule has 0 aliphatic heterocycles. The fourth-order valence-corrected chi connectivity index (χ4v) is 1.62. The first-order valence-corrected chi connectivity index (χ1v) is 6.01. The summed E-state index contributed by atoms with van der Waals surface area (Å²) in [6.45, 7) is 6.21. The van der Waals surface area contributed by atoms with E-state index in [2.05, 4.69) is 10.3 Å². The zero-order valence-electron chi connectivity index (χ0n) is 10.8. The number of carbonyl (C=O) groups excluding carboxylic acids is 1. The van der Waals surface area contributed by atoms with Gasteiger partial charge in [0.25, 0.3) is 0 Å². The Balaban J connectivity index is 2.59. The maximum absolute atomic E-state index is 11.9. The van der Waals surface area contributed by atoms with Crippen molar-refractivity contribution in [1.82, 2.24) is 10.3 Å². The van der Waals surface area contributed by atoms with Crippen LogP contribution < -0.4 is 11.1 Å². The number of hydrogen-bond acceptors (Lipinski definition) is 3. The summed E-state index contributed by atoms with van der Waals surface area (Å²) < 4.78 is 0. The highest BCUT2D eigenvalue weighted by atomic mass is 16.2. The molecule has 0 radical (unpaired) electrons. The Morgan fingerprint density at radius 2 is 2.06 bits per heavy atom. The van der Waals surface area contributed by atoms with Gasteiger partial charge in [-0.25, -0.2) is 0 Å². The summed E-state index contributed by atoms with van der Waals surface area (Å²) in [5.74, 6) is -0.106. The first-order chi connectivity index (χ1) is 8.01. The summed E-state index contributed by atoms with van der Waals surface area (Å²) in [5.41, 5.74) is 7.04. The van der Waals surface area contributed by atoms with Gasteiger partial charge in [-0.05, 0) is 31.9 Å². The SMILES string of the molecule is CCC(N)(CC)C(=O)NCc1cccc(C)n1. The molecule has 0 saturated heterocycles. The summed E-state index contributed by atoms with van der Waals surface area (Å²) in [6.07, 6.45) is 1.27. The van der Waals surface area contributed by atoms with Gasteiger partial charge in [0.15, 0.2) is 0 Å². The highest BCUT2D eigenvalue weighted by Gasteiger charge is 2.29. The molecule has 0 spiro atoms. The first kappa shape index (κ1) is 13.6. The van der Waals surface area contributed by atoms with Crippen LogP contribution in [0.2, 0.25) is 0 Å². The Morgan fingerprint density at radius 1 is 1.41 bits per heavy atom. The molecule has 0 aliphatic rings. The number of hydrogen-bond donors (Lipinski definition) is 2. The van der Waals surface area contributed by atoms with Gasteiger partial charge in [-0.3, -0.25) is 9.78 Å². The minimum Gasteiger partial charge on any atom is -0.349 e. The lowest BCUT2D eigenvalue weighted by Crippen LogP contribution is -2.52. The summed E-state index contributed by atoms with van der Waals surface area (Å²) in [7, 11) is 0. The first-order valence-electron chi connectivity index (χ1n) is 6.01. The van der Waals surface area contributed by atoms with Crippen molar-refractivity contribution >= 4 is 5.91 Å². The standard InChI is InChI=1S/C13H21N3O/c1-4-13(14,5-2)12(17)15-9-11-8-6-7-10(3)16-11/h6-8H,4-5,9,14H2,1-3H3,(H,15,17). The van der Waals surface area contributed by atoms with Gasteiger partial charge in [-0.15, -0.1) is 0 Å². The third-order valence-corrected chi connectivity index (χ3v) is 3.09. The minimum absolute atomic E-state index is 0.106. The van der Waals surface area contributed by atoms with Crippen molar-refractivity contribution < 1.29 is 4.79 Å². The molecule has 0 bridgehead atoms. The molecule has 1 aromatic rings. The fraction of sp³-hybridized carbons (Fsp3) is 0.538. The second-order valence-corrected chi connectivity index (χ2v) is 4.32. The van der Waals surface area contributed by atoms with E-state index in [0.29, 0.717) is 19.4 Å². The number of aromatic nitrogens is 1. The normalized spacial score (nSPS) is 11.3. The summed E-state index contributed by atoms with van der Waals surface area (Å²) >= 11 is 0. The van der Waals surface area contributed by atoms with E-state index in [9.17, 15) is 4.79 Å². The number of nitrogens with one attached hydrogen (secondary N) is 1. The average Bonchev–Trinajstić information content (AvgIpc) is 2.35. The number of pyridine rings is 1. The predicted molar refractivity (Wildman–Crippen MR) is 68.3 cm³/mol. The smallest absolute Gasteiger partial charge is 0.240 e. The molecular formula is C13H21N3O. The Labute approximate surface area is 103 Å². The molecule has 1 heterocycles. The van der Waals surface area contributed by atoms with Gasteiger partial charge in [0.05, 0.1) is 17.8 Å². The molecule has 0 fully saturated rings. The largest absolute Gasteiger partial charge is 0.349 e. The van der Waals surface area contributed by atoms with Crippen LogP contribution in [0.3, 0.4) is 0 Å². The molecule has 0 unspecified atom stereocenters. The Bertz CT molecular complexity index is 386. The third-order valence-electron chi connectivity index (χ3n) is 3.09.